The van der Waals surface area contributed by atoms with Crippen LogP contribution in [0.1, 0.15) is 27.2 Å². The van der Waals surface area contributed by atoms with E-state index in [1.165, 1.54) is 10.6 Å². The number of anilines is 1. The Labute approximate surface area is 108 Å². The Morgan fingerprint density at radius 1 is 1.47 bits per heavy atom. The molecule has 2 rings (SSSR count). The van der Waals surface area contributed by atoms with E-state index in [4.69, 9.17) is 4.74 Å². The molecule has 1 aromatic carbocycles. The molecule has 17 heavy (non-hydrogen) atoms. The third kappa shape index (κ3) is 2.89. The maximum atomic E-state index is 5.77. The van der Waals surface area contributed by atoms with Crippen molar-refractivity contribution < 1.29 is 4.74 Å². The first-order valence-corrected chi connectivity index (χ1v) is 7.26. The van der Waals surface area contributed by atoms with E-state index in [0.717, 1.165) is 25.3 Å². The lowest BCUT2D eigenvalue weighted by molar-refractivity contribution is 0.318. The summed E-state index contributed by atoms with van der Waals surface area (Å²) in [5.41, 5.74) is 1.18. The maximum Gasteiger partial charge on any atom is 0.143 e. The molecule has 0 fully saturated rings. The van der Waals surface area contributed by atoms with Gasteiger partial charge in [0.1, 0.15) is 5.75 Å². The molecule has 0 saturated heterocycles. The van der Waals surface area contributed by atoms with E-state index in [2.05, 4.69) is 44.3 Å². The highest BCUT2D eigenvalue weighted by Gasteiger charge is 2.23. The molecule has 0 bridgehead atoms. The molecular weight excluding hydrogens is 230 g/mol. The van der Waals surface area contributed by atoms with Crippen molar-refractivity contribution in [1.29, 1.82) is 0 Å². The summed E-state index contributed by atoms with van der Waals surface area (Å²) in [6.07, 6.45) is 1.05. The van der Waals surface area contributed by atoms with E-state index in [1.807, 2.05) is 11.8 Å². The number of para-hydroxylation sites is 1. The summed E-state index contributed by atoms with van der Waals surface area (Å²) >= 11 is 1.97. The minimum absolute atomic E-state index is 0.656. The first kappa shape index (κ1) is 12.6. The Kier molecular flexibility index (Phi) is 4.21. The normalized spacial score (nSPS) is 18.7. The van der Waals surface area contributed by atoms with E-state index in [1.54, 1.807) is 0 Å². The number of thioether (sulfide) groups is 1. The molecule has 1 unspecified atom stereocenters. The molecule has 0 spiro atoms. The van der Waals surface area contributed by atoms with Crippen LogP contribution in [0.4, 0.5) is 5.69 Å². The lowest BCUT2D eigenvalue weighted by Gasteiger charge is -2.29. The second kappa shape index (κ2) is 5.67. The Bertz CT molecular complexity index is 378. The zero-order valence-electron chi connectivity index (χ0n) is 10.8. The van der Waals surface area contributed by atoms with Gasteiger partial charge in [-0.05, 0) is 24.5 Å². The van der Waals surface area contributed by atoms with Crippen molar-refractivity contribution in [3.8, 4) is 5.75 Å². The molecule has 1 aromatic rings. The van der Waals surface area contributed by atoms with E-state index in [9.17, 15) is 0 Å². The standard InChI is InChI=1S/C14H21NOS/c1-4-8-16-11-6-5-7-12-14(11)15-9-13(17-12)10(2)3/h5-7,10,13,15H,4,8-9H2,1-3H3. The first-order valence-electron chi connectivity index (χ1n) is 6.38. The molecule has 2 nitrogen and oxygen atoms in total. The molecule has 3 heteroatoms. The van der Waals surface area contributed by atoms with Gasteiger partial charge in [-0.3, -0.25) is 0 Å². The summed E-state index contributed by atoms with van der Waals surface area (Å²) in [6.45, 7) is 8.51. The summed E-state index contributed by atoms with van der Waals surface area (Å²) in [5.74, 6) is 1.69. The number of benzene rings is 1. The van der Waals surface area contributed by atoms with Gasteiger partial charge < -0.3 is 10.1 Å². The van der Waals surface area contributed by atoms with Gasteiger partial charge in [0, 0.05) is 16.7 Å². The second-order valence-electron chi connectivity index (χ2n) is 4.76. The molecule has 0 amide bonds. The Hall–Kier alpha value is -0.830. The Balaban J connectivity index is 2.17. The van der Waals surface area contributed by atoms with Gasteiger partial charge in [0.2, 0.25) is 0 Å². The predicted octanol–water partition coefficient (Wildman–Crippen LogP) is 4.02. The fraction of sp³-hybridized carbons (Fsp3) is 0.571. The SMILES string of the molecule is CCCOc1cccc2c1NCC(C(C)C)S2. The predicted molar refractivity (Wildman–Crippen MR) is 75.2 cm³/mol. The van der Waals surface area contributed by atoms with Gasteiger partial charge in [0.05, 0.1) is 12.3 Å². The number of hydrogen-bond donors (Lipinski definition) is 1. The summed E-state index contributed by atoms with van der Waals surface area (Å²) in [5, 5.41) is 4.18. The highest BCUT2D eigenvalue weighted by molar-refractivity contribution is 8.00. The molecule has 94 valence electrons. The number of hydrogen-bond acceptors (Lipinski definition) is 3. The van der Waals surface area contributed by atoms with E-state index in [-0.39, 0.29) is 0 Å². The first-order chi connectivity index (χ1) is 8.22. The van der Waals surface area contributed by atoms with Crippen LogP contribution in [0.5, 0.6) is 5.75 Å². The maximum absolute atomic E-state index is 5.77. The molecule has 0 saturated carbocycles. The van der Waals surface area contributed by atoms with Crippen LogP contribution < -0.4 is 10.1 Å². The second-order valence-corrected chi connectivity index (χ2v) is 6.04. The van der Waals surface area contributed by atoms with Crippen molar-refractivity contribution in [2.45, 2.75) is 37.3 Å². The van der Waals surface area contributed by atoms with E-state index < -0.39 is 0 Å². The van der Waals surface area contributed by atoms with Gasteiger partial charge >= 0.3 is 0 Å². The lowest BCUT2D eigenvalue weighted by atomic mass is 10.1. The third-order valence-corrected chi connectivity index (χ3v) is 4.56. The van der Waals surface area contributed by atoms with Crippen molar-refractivity contribution in [1.82, 2.24) is 0 Å². The average Bonchev–Trinajstić information content (AvgIpc) is 2.35. The highest BCUT2D eigenvalue weighted by atomic mass is 32.2. The monoisotopic (exact) mass is 251 g/mol. The highest BCUT2D eigenvalue weighted by Crippen LogP contribution is 2.42. The lowest BCUT2D eigenvalue weighted by Crippen LogP contribution is -2.26. The van der Waals surface area contributed by atoms with Crippen LogP contribution in [0, 0.1) is 5.92 Å². The zero-order chi connectivity index (χ0) is 12.3. The zero-order valence-corrected chi connectivity index (χ0v) is 11.6. The molecule has 0 radical (unpaired) electrons. The minimum Gasteiger partial charge on any atom is -0.491 e. The van der Waals surface area contributed by atoms with Crippen LogP contribution in [0.3, 0.4) is 0 Å². The third-order valence-electron chi connectivity index (χ3n) is 2.95. The molecule has 1 N–H and O–H groups in total. The van der Waals surface area contributed by atoms with Gasteiger partial charge in [-0.1, -0.05) is 26.8 Å². The number of rotatable bonds is 4. The Morgan fingerprint density at radius 2 is 2.29 bits per heavy atom. The van der Waals surface area contributed by atoms with Crippen molar-refractivity contribution in [3.05, 3.63) is 18.2 Å². The molecule has 0 aliphatic carbocycles. The summed E-state index contributed by atoms with van der Waals surface area (Å²) in [6, 6.07) is 6.32. The molecule has 1 aliphatic heterocycles. The van der Waals surface area contributed by atoms with Crippen molar-refractivity contribution in [2.24, 2.45) is 5.92 Å². The van der Waals surface area contributed by atoms with Crippen molar-refractivity contribution >= 4 is 17.4 Å². The Morgan fingerprint density at radius 3 is 3.00 bits per heavy atom. The molecule has 0 aromatic heterocycles. The smallest absolute Gasteiger partial charge is 0.143 e. The number of nitrogens with one attached hydrogen (secondary N) is 1. The molecule has 1 aliphatic rings. The van der Waals surface area contributed by atoms with Gasteiger partial charge in [-0.25, -0.2) is 0 Å². The van der Waals surface area contributed by atoms with Crippen LogP contribution in [0.2, 0.25) is 0 Å². The molecular formula is C14H21NOS. The largest absolute Gasteiger partial charge is 0.491 e. The van der Waals surface area contributed by atoms with E-state index in [0.29, 0.717) is 11.2 Å². The minimum atomic E-state index is 0.656. The van der Waals surface area contributed by atoms with Crippen molar-refractivity contribution in [2.75, 3.05) is 18.5 Å². The van der Waals surface area contributed by atoms with Crippen LogP contribution in [0.15, 0.2) is 23.1 Å². The topological polar surface area (TPSA) is 21.3 Å². The number of ether oxygens (including phenoxy) is 1. The average molecular weight is 251 g/mol. The van der Waals surface area contributed by atoms with Crippen LogP contribution in [-0.2, 0) is 0 Å². The van der Waals surface area contributed by atoms with Crippen molar-refractivity contribution in [3.63, 3.8) is 0 Å². The van der Waals surface area contributed by atoms with Gasteiger partial charge in [-0.15, -0.1) is 11.8 Å². The fourth-order valence-electron chi connectivity index (χ4n) is 1.89. The van der Waals surface area contributed by atoms with Crippen LogP contribution in [-0.4, -0.2) is 18.4 Å². The fourth-order valence-corrected chi connectivity index (χ4v) is 3.11. The molecule has 1 atom stereocenters. The van der Waals surface area contributed by atoms with Gasteiger partial charge in [-0.2, -0.15) is 0 Å². The summed E-state index contributed by atoms with van der Waals surface area (Å²) in [7, 11) is 0. The quantitative estimate of drug-likeness (QED) is 0.873. The summed E-state index contributed by atoms with van der Waals surface area (Å²) < 4.78 is 5.77. The van der Waals surface area contributed by atoms with Gasteiger partial charge in [0.15, 0.2) is 0 Å². The number of fused-ring (bicyclic) bond motifs is 1. The van der Waals surface area contributed by atoms with Crippen LogP contribution >= 0.6 is 11.8 Å². The van der Waals surface area contributed by atoms with Gasteiger partial charge in [0.25, 0.3) is 0 Å². The molecule has 1 heterocycles. The van der Waals surface area contributed by atoms with Crippen LogP contribution in [0.25, 0.3) is 0 Å². The van der Waals surface area contributed by atoms with E-state index >= 15 is 0 Å². The summed E-state index contributed by atoms with van der Waals surface area (Å²) in [4.78, 5) is 1.32.